The zero-order valence-corrected chi connectivity index (χ0v) is 20.2. The van der Waals surface area contributed by atoms with E-state index in [0.29, 0.717) is 12.5 Å². The lowest BCUT2D eigenvalue weighted by atomic mass is 9.65. The minimum Gasteiger partial charge on any atom is -0.361 e. The fourth-order valence-electron chi connectivity index (χ4n) is 7.00. The molecule has 1 aliphatic carbocycles. The predicted octanol–water partition coefficient (Wildman–Crippen LogP) is 6.82. The van der Waals surface area contributed by atoms with Gasteiger partial charge in [0.1, 0.15) is 5.82 Å². The molecular formula is C29H35FN2O. The number of amides is 1. The monoisotopic (exact) mass is 446 g/mol. The van der Waals surface area contributed by atoms with Crippen LogP contribution in [-0.2, 0) is 11.2 Å². The number of aromatic amines is 1. The summed E-state index contributed by atoms with van der Waals surface area (Å²) >= 11 is 0. The summed E-state index contributed by atoms with van der Waals surface area (Å²) in [5.74, 6) is -0.252. The predicted molar refractivity (Wildman–Crippen MR) is 132 cm³/mol. The molecule has 1 saturated carbocycles. The van der Waals surface area contributed by atoms with Crippen molar-refractivity contribution in [3.63, 3.8) is 0 Å². The molecule has 0 radical (unpaired) electrons. The fourth-order valence-corrected chi connectivity index (χ4v) is 7.00. The van der Waals surface area contributed by atoms with Gasteiger partial charge in [0.15, 0.2) is 0 Å². The molecule has 4 heteroatoms. The van der Waals surface area contributed by atoms with Crippen LogP contribution >= 0.6 is 0 Å². The Morgan fingerprint density at radius 3 is 2.73 bits per heavy atom. The van der Waals surface area contributed by atoms with E-state index < -0.39 is 0 Å². The molecular weight excluding hydrogens is 411 g/mol. The molecule has 1 N–H and O–H groups in total. The number of rotatable bonds is 5. The van der Waals surface area contributed by atoms with Crippen LogP contribution < -0.4 is 0 Å². The highest BCUT2D eigenvalue weighted by Crippen LogP contribution is 2.53. The van der Waals surface area contributed by atoms with Crippen molar-refractivity contribution < 1.29 is 9.18 Å². The number of nitrogens with one attached hydrogen (secondary N) is 1. The molecule has 2 fully saturated rings. The van der Waals surface area contributed by atoms with Crippen LogP contribution in [0.15, 0.2) is 48.7 Å². The maximum atomic E-state index is 14.2. The average Bonchev–Trinajstić information content (AvgIpc) is 3.29. The van der Waals surface area contributed by atoms with Gasteiger partial charge in [-0.15, -0.1) is 0 Å². The molecule has 2 heterocycles. The van der Waals surface area contributed by atoms with E-state index >= 15 is 0 Å². The van der Waals surface area contributed by atoms with Crippen molar-refractivity contribution in [3.05, 3.63) is 71.2 Å². The van der Waals surface area contributed by atoms with Crippen LogP contribution in [0.2, 0.25) is 0 Å². The number of halogens is 1. The highest BCUT2D eigenvalue weighted by Gasteiger charge is 2.51. The molecule has 3 atom stereocenters. The minimum atomic E-state index is -0.259. The van der Waals surface area contributed by atoms with Gasteiger partial charge in [-0.25, -0.2) is 4.39 Å². The first-order chi connectivity index (χ1) is 15.7. The number of benzene rings is 2. The Morgan fingerprint density at radius 2 is 1.97 bits per heavy atom. The first kappa shape index (κ1) is 22.2. The standard InChI is InChI=1S/C29H35FN2O/c1-5-19-8-7-11-23-25(16-31-27(19)23)24(20-9-6-10-21(30)12-20)13-26(33)32-18-29(4)15-22(32)14-28(2,3)17-29/h6-12,16,22,24,31H,5,13-15,17-18H2,1-4H3. The second-order valence-electron chi connectivity index (χ2n) is 11.5. The van der Waals surface area contributed by atoms with E-state index in [0.717, 1.165) is 54.3 Å². The number of fused-ring (bicyclic) bond motifs is 3. The van der Waals surface area contributed by atoms with Crippen molar-refractivity contribution in [2.75, 3.05) is 6.54 Å². The lowest BCUT2D eigenvalue weighted by molar-refractivity contribution is -0.132. The molecule has 2 bridgehead atoms. The molecule has 1 amide bonds. The maximum Gasteiger partial charge on any atom is 0.223 e. The van der Waals surface area contributed by atoms with Gasteiger partial charge in [-0.3, -0.25) is 4.79 Å². The highest BCUT2D eigenvalue weighted by atomic mass is 19.1. The zero-order chi connectivity index (χ0) is 23.4. The van der Waals surface area contributed by atoms with E-state index in [4.69, 9.17) is 0 Å². The number of aromatic nitrogens is 1. The Labute approximate surface area is 196 Å². The first-order valence-electron chi connectivity index (χ1n) is 12.3. The topological polar surface area (TPSA) is 36.1 Å². The van der Waals surface area contributed by atoms with Crippen molar-refractivity contribution >= 4 is 16.8 Å². The largest absolute Gasteiger partial charge is 0.361 e. The number of para-hydroxylation sites is 1. The minimum absolute atomic E-state index is 0.185. The highest BCUT2D eigenvalue weighted by molar-refractivity contribution is 5.88. The van der Waals surface area contributed by atoms with E-state index in [1.54, 1.807) is 12.1 Å². The molecule has 1 aliphatic heterocycles. The Morgan fingerprint density at radius 1 is 1.18 bits per heavy atom. The van der Waals surface area contributed by atoms with E-state index in [9.17, 15) is 9.18 Å². The van der Waals surface area contributed by atoms with Gasteiger partial charge >= 0.3 is 0 Å². The first-order valence-corrected chi connectivity index (χ1v) is 12.3. The van der Waals surface area contributed by atoms with Crippen LogP contribution in [0.1, 0.15) is 76.0 Å². The number of hydrogen-bond acceptors (Lipinski definition) is 1. The van der Waals surface area contributed by atoms with Crippen LogP contribution in [-0.4, -0.2) is 28.4 Å². The van der Waals surface area contributed by atoms with E-state index in [1.807, 2.05) is 12.3 Å². The summed E-state index contributed by atoms with van der Waals surface area (Å²) in [6, 6.07) is 13.4. The fraction of sp³-hybridized carbons (Fsp3) is 0.483. The summed E-state index contributed by atoms with van der Waals surface area (Å²) in [7, 11) is 0. The molecule has 2 aromatic carbocycles. The third-order valence-electron chi connectivity index (χ3n) is 7.96. The lowest BCUT2D eigenvalue weighted by Gasteiger charge is -2.39. The smallest absolute Gasteiger partial charge is 0.223 e. The summed E-state index contributed by atoms with van der Waals surface area (Å²) in [5, 5.41) is 1.13. The Bertz CT molecular complexity index is 1200. The Balaban J connectivity index is 1.51. The van der Waals surface area contributed by atoms with Gasteiger partial charge in [-0.1, -0.05) is 58.0 Å². The molecule has 1 saturated heterocycles. The number of likely N-dealkylation sites (tertiary alicyclic amines) is 1. The molecule has 0 spiro atoms. The normalized spacial score (nSPS) is 24.9. The van der Waals surface area contributed by atoms with Crippen LogP contribution in [0.5, 0.6) is 0 Å². The van der Waals surface area contributed by atoms with Crippen molar-refractivity contribution in [2.45, 2.75) is 71.8 Å². The number of carbonyl (C=O) groups excluding carboxylic acids is 1. The van der Waals surface area contributed by atoms with Crippen molar-refractivity contribution in [2.24, 2.45) is 10.8 Å². The van der Waals surface area contributed by atoms with Crippen LogP contribution in [0.4, 0.5) is 4.39 Å². The zero-order valence-electron chi connectivity index (χ0n) is 20.2. The molecule has 5 rings (SSSR count). The number of nitrogens with zero attached hydrogens (tertiary/aromatic N) is 1. The summed E-state index contributed by atoms with van der Waals surface area (Å²) in [6.45, 7) is 9.99. The molecule has 1 aromatic heterocycles. The van der Waals surface area contributed by atoms with E-state index in [-0.39, 0.29) is 28.5 Å². The average molecular weight is 447 g/mol. The van der Waals surface area contributed by atoms with Crippen molar-refractivity contribution in [1.29, 1.82) is 0 Å². The van der Waals surface area contributed by atoms with Crippen LogP contribution in [0.25, 0.3) is 10.9 Å². The van der Waals surface area contributed by atoms with Gasteiger partial charge in [-0.2, -0.15) is 0 Å². The maximum absolute atomic E-state index is 14.2. The van der Waals surface area contributed by atoms with Crippen molar-refractivity contribution in [1.82, 2.24) is 9.88 Å². The number of carbonyl (C=O) groups is 1. The van der Waals surface area contributed by atoms with Crippen molar-refractivity contribution in [3.8, 4) is 0 Å². The molecule has 33 heavy (non-hydrogen) atoms. The number of hydrogen-bond donors (Lipinski definition) is 1. The number of H-pyrrole nitrogens is 1. The second-order valence-corrected chi connectivity index (χ2v) is 11.5. The second kappa shape index (κ2) is 8.00. The van der Waals surface area contributed by atoms with Gasteiger partial charge < -0.3 is 9.88 Å². The molecule has 174 valence electrons. The summed E-state index contributed by atoms with van der Waals surface area (Å²) < 4.78 is 14.2. The summed E-state index contributed by atoms with van der Waals surface area (Å²) in [6.07, 6.45) is 6.64. The van der Waals surface area contributed by atoms with Gasteiger partial charge in [0.25, 0.3) is 0 Å². The van der Waals surface area contributed by atoms with Crippen LogP contribution in [0, 0.1) is 16.6 Å². The van der Waals surface area contributed by atoms with Gasteiger partial charge in [0.2, 0.25) is 5.91 Å². The summed E-state index contributed by atoms with van der Waals surface area (Å²) in [4.78, 5) is 19.4. The third kappa shape index (κ3) is 4.09. The lowest BCUT2D eigenvalue weighted by Crippen LogP contribution is -2.38. The van der Waals surface area contributed by atoms with Crippen LogP contribution in [0.3, 0.4) is 0 Å². The molecule has 2 aliphatic rings. The van der Waals surface area contributed by atoms with Gasteiger partial charge in [0.05, 0.1) is 0 Å². The molecule has 3 unspecified atom stereocenters. The Hall–Kier alpha value is -2.62. The molecule has 3 nitrogen and oxygen atoms in total. The van der Waals surface area contributed by atoms with Gasteiger partial charge in [0, 0.05) is 42.0 Å². The van der Waals surface area contributed by atoms with Gasteiger partial charge in [-0.05, 0) is 65.3 Å². The summed E-state index contributed by atoms with van der Waals surface area (Å²) in [5.41, 5.74) is 4.78. The van der Waals surface area contributed by atoms with E-state index in [2.05, 4.69) is 55.8 Å². The SMILES string of the molecule is CCc1cccc2c(C(CC(=O)N3CC4(C)CC3CC(C)(C)C4)c3cccc(F)c3)c[nH]c12. The molecule has 3 aromatic rings. The quantitative estimate of drug-likeness (QED) is 0.459. The Kier molecular flexibility index (Phi) is 5.38. The number of aryl methyl sites for hydroxylation is 1. The van der Waals surface area contributed by atoms with E-state index in [1.165, 1.54) is 11.6 Å². The third-order valence-corrected chi connectivity index (χ3v) is 7.96.